The van der Waals surface area contributed by atoms with Gasteiger partial charge in [-0.1, -0.05) is 13.8 Å². The maximum Gasteiger partial charge on any atom is 0.252 e. The first-order chi connectivity index (χ1) is 9.57. The van der Waals surface area contributed by atoms with Gasteiger partial charge in [0.1, 0.15) is 4.21 Å². The number of nitrogens with zero attached hydrogens (tertiary/aromatic N) is 1. The van der Waals surface area contributed by atoms with Gasteiger partial charge in [-0.25, -0.2) is 8.42 Å². The minimum Gasteiger partial charge on any atom is -0.375 e. The summed E-state index contributed by atoms with van der Waals surface area (Å²) >= 11 is 1.30. The van der Waals surface area contributed by atoms with Crippen LogP contribution in [0, 0.1) is 0 Å². The highest BCUT2D eigenvalue weighted by Gasteiger charge is 2.31. The summed E-state index contributed by atoms with van der Waals surface area (Å²) in [6.45, 7) is 7.01. The lowest BCUT2D eigenvalue weighted by molar-refractivity contribution is -0.00272. The molecule has 0 bridgehead atoms. The summed E-state index contributed by atoms with van der Waals surface area (Å²) in [6.07, 6.45) is 0.849. The minimum absolute atomic E-state index is 0.0136. The van der Waals surface area contributed by atoms with Crippen molar-refractivity contribution in [3.8, 4) is 0 Å². The fraction of sp³-hybridized carbons (Fsp3) is 0.692. The van der Waals surface area contributed by atoms with E-state index in [1.54, 1.807) is 10.4 Å². The number of thiophene rings is 1. The summed E-state index contributed by atoms with van der Waals surface area (Å²) in [7, 11) is -3.37. The topological polar surface area (TPSA) is 58.6 Å². The zero-order valence-corrected chi connectivity index (χ0v) is 13.6. The summed E-state index contributed by atoms with van der Waals surface area (Å²) < 4.78 is 32.7. The molecule has 5 nitrogen and oxygen atoms in total. The molecule has 1 saturated heterocycles. The van der Waals surface area contributed by atoms with Gasteiger partial charge in [0.25, 0.3) is 10.0 Å². The molecule has 1 aliphatic heterocycles. The summed E-state index contributed by atoms with van der Waals surface area (Å²) in [4.78, 5) is 0. The van der Waals surface area contributed by atoms with Crippen LogP contribution in [0.2, 0.25) is 0 Å². The van der Waals surface area contributed by atoms with Gasteiger partial charge in [-0.3, -0.25) is 0 Å². The molecule has 114 valence electrons. The van der Waals surface area contributed by atoms with Crippen LogP contribution >= 0.6 is 11.3 Å². The van der Waals surface area contributed by atoms with E-state index in [-0.39, 0.29) is 6.10 Å². The van der Waals surface area contributed by atoms with Crippen molar-refractivity contribution in [3.63, 3.8) is 0 Å². The van der Waals surface area contributed by atoms with Crippen molar-refractivity contribution < 1.29 is 13.2 Å². The Labute approximate surface area is 125 Å². The number of morpholine rings is 1. The number of rotatable bonds is 6. The van der Waals surface area contributed by atoms with Crippen molar-refractivity contribution in [3.05, 3.63) is 17.0 Å². The van der Waals surface area contributed by atoms with E-state index in [0.717, 1.165) is 18.5 Å². The van der Waals surface area contributed by atoms with Gasteiger partial charge in [-0.2, -0.15) is 4.31 Å². The third-order valence-electron chi connectivity index (χ3n) is 3.36. The van der Waals surface area contributed by atoms with Gasteiger partial charge in [-0.15, -0.1) is 11.3 Å². The first-order valence-electron chi connectivity index (χ1n) is 6.97. The molecule has 1 N–H and O–H groups in total. The fourth-order valence-corrected chi connectivity index (χ4v) is 4.95. The van der Waals surface area contributed by atoms with Crippen LogP contribution < -0.4 is 5.32 Å². The largest absolute Gasteiger partial charge is 0.375 e. The molecule has 1 aromatic rings. The van der Waals surface area contributed by atoms with Crippen molar-refractivity contribution >= 4 is 21.4 Å². The molecule has 0 spiro atoms. The maximum absolute atomic E-state index is 12.6. The molecule has 20 heavy (non-hydrogen) atoms. The second-order valence-corrected chi connectivity index (χ2v) is 7.89. The molecule has 0 radical (unpaired) electrons. The highest BCUT2D eigenvalue weighted by Crippen LogP contribution is 2.25. The molecule has 0 aromatic carbocycles. The Morgan fingerprint density at radius 3 is 3.00 bits per heavy atom. The van der Waals surface area contributed by atoms with Crippen LogP contribution in [0.5, 0.6) is 0 Å². The molecule has 0 amide bonds. The molecule has 1 aliphatic rings. The smallest absolute Gasteiger partial charge is 0.252 e. The van der Waals surface area contributed by atoms with Crippen LogP contribution in [0.15, 0.2) is 15.7 Å². The third kappa shape index (κ3) is 3.59. The molecule has 1 atom stereocenters. The Hall–Kier alpha value is -0.470. The van der Waals surface area contributed by atoms with Gasteiger partial charge in [0, 0.05) is 19.6 Å². The zero-order chi connectivity index (χ0) is 14.6. The Bertz CT molecular complexity index is 527. The molecule has 1 aromatic heterocycles. The van der Waals surface area contributed by atoms with E-state index in [1.807, 2.05) is 19.2 Å². The summed E-state index contributed by atoms with van der Waals surface area (Å²) in [5.41, 5.74) is 1.02. The van der Waals surface area contributed by atoms with Crippen LogP contribution in [-0.4, -0.2) is 45.1 Å². The van der Waals surface area contributed by atoms with Crippen LogP contribution in [0.25, 0.3) is 0 Å². The SMILES string of the molecule is CCNCc1csc(S(=O)(=O)N2CCOC(CC)C2)c1. The Kier molecular flexibility index (Phi) is 5.57. The predicted molar refractivity (Wildman–Crippen MR) is 80.5 cm³/mol. The normalized spacial score (nSPS) is 21.2. The molecular formula is C13H22N2O3S2. The van der Waals surface area contributed by atoms with E-state index in [9.17, 15) is 8.42 Å². The average molecular weight is 318 g/mol. The van der Waals surface area contributed by atoms with Crippen LogP contribution in [0.4, 0.5) is 0 Å². The van der Waals surface area contributed by atoms with Gasteiger partial charge in [0.2, 0.25) is 0 Å². The summed E-state index contributed by atoms with van der Waals surface area (Å²) in [5.74, 6) is 0. The lowest BCUT2D eigenvalue weighted by Gasteiger charge is -2.31. The van der Waals surface area contributed by atoms with Gasteiger partial charge in [-0.05, 0) is 30.0 Å². The molecule has 1 unspecified atom stereocenters. The van der Waals surface area contributed by atoms with Crippen LogP contribution in [0.1, 0.15) is 25.8 Å². The zero-order valence-electron chi connectivity index (χ0n) is 12.0. The molecule has 2 rings (SSSR count). The molecule has 0 saturated carbocycles. The lowest BCUT2D eigenvalue weighted by atomic mass is 10.2. The second kappa shape index (κ2) is 7.00. The van der Waals surface area contributed by atoms with Crippen molar-refractivity contribution in [1.29, 1.82) is 0 Å². The highest BCUT2D eigenvalue weighted by atomic mass is 32.2. The first kappa shape index (κ1) is 15.9. The van der Waals surface area contributed by atoms with E-state index in [4.69, 9.17) is 4.74 Å². The second-order valence-electron chi connectivity index (χ2n) is 4.82. The quantitative estimate of drug-likeness (QED) is 0.866. The number of ether oxygens (including phenoxy) is 1. The van der Waals surface area contributed by atoms with Crippen molar-refractivity contribution in [2.45, 2.75) is 37.1 Å². The minimum atomic E-state index is -3.37. The van der Waals surface area contributed by atoms with E-state index < -0.39 is 10.0 Å². The standard InChI is InChI=1S/C13H22N2O3S2/c1-3-12-9-15(5-6-18-12)20(16,17)13-7-11(10-19-13)8-14-4-2/h7,10,12,14H,3-6,8-9H2,1-2H3. The van der Waals surface area contributed by atoms with Crippen LogP contribution in [-0.2, 0) is 21.3 Å². The van der Waals surface area contributed by atoms with E-state index in [1.165, 1.54) is 11.3 Å². The van der Waals surface area contributed by atoms with Gasteiger partial charge >= 0.3 is 0 Å². The van der Waals surface area contributed by atoms with Crippen LogP contribution in [0.3, 0.4) is 0 Å². The van der Waals surface area contributed by atoms with Crippen molar-refractivity contribution in [2.75, 3.05) is 26.2 Å². The lowest BCUT2D eigenvalue weighted by Crippen LogP contribution is -2.45. The molecular weight excluding hydrogens is 296 g/mol. The first-order valence-corrected chi connectivity index (χ1v) is 9.29. The highest BCUT2D eigenvalue weighted by molar-refractivity contribution is 7.91. The Morgan fingerprint density at radius 1 is 1.50 bits per heavy atom. The van der Waals surface area contributed by atoms with Gasteiger partial charge < -0.3 is 10.1 Å². The summed E-state index contributed by atoms with van der Waals surface area (Å²) in [6, 6.07) is 1.78. The molecule has 2 heterocycles. The number of nitrogens with one attached hydrogen (secondary N) is 1. The third-order valence-corrected chi connectivity index (χ3v) is 6.69. The number of sulfonamides is 1. The Morgan fingerprint density at radius 2 is 2.30 bits per heavy atom. The summed E-state index contributed by atoms with van der Waals surface area (Å²) in [5, 5.41) is 5.11. The maximum atomic E-state index is 12.6. The Balaban J connectivity index is 2.11. The van der Waals surface area contributed by atoms with Crippen molar-refractivity contribution in [2.24, 2.45) is 0 Å². The van der Waals surface area contributed by atoms with E-state index in [2.05, 4.69) is 5.32 Å². The number of hydrogen-bond acceptors (Lipinski definition) is 5. The van der Waals surface area contributed by atoms with E-state index in [0.29, 0.717) is 30.5 Å². The van der Waals surface area contributed by atoms with Gasteiger partial charge in [0.05, 0.1) is 12.7 Å². The van der Waals surface area contributed by atoms with Crippen molar-refractivity contribution in [1.82, 2.24) is 9.62 Å². The monoisotopic (exact) mass is 318 g/mol. The molecule has 1 fully saturated rings. The fourth-order valence-electron chi connectivity index (χ4n) is 2.14. The molecule has 7 heteroatoms. The average Bonchev–Trinajstić information content (AvgIpc) is 2.94. The number of hydrogen-bond donors (Lipinski definition) is 1. The predicted octanol–water partition coefficient (Wildman–Crippen LogP) is 1.66. The molecule has 0 aliphatic carbocycles. The van der Waals surface area contributed by atoms with E-state index >= 15 is 0 Å². The van der Waals surface area contributed by atoms with Gasteiger partial charge in [0.15, 0.2) is 0 Å².